The van der Waals surface area contributed by atoms with E-state index in [4.69, 9.17) is 0 Å². The Morgan fingerprint density at radius 3 is 2.67 bits per heavy atom. The van der Waals surface area contributed by atoms with Crippen LogP contribution in [0.25, 0.3) is 0 Å². The number of pyridine rings is 1. The molecule has 0 saturated heterocycles. The van der Waals surface area contributed by atoms with Crippen molar-refractivity contribution < 1.29 is 4.79 Å². The number of halogens is 1. The summed E-state index contributed by atoms with van der Waals surface area (Å²) in [5, 5.41) is 2.86. The van der Waals surface area contributed by atoms with E-state index in [1.54, 1.807) is 6.20 Å². The minimum atomic E-state index is -0.143. The molecule has 2 rings (SSSR count). The summed E-state index contributed by atoms with van der Waals surface area (Å²) in [5.74, 6) is -0.143. The van der Waals surface area contributed by atoms with Crippen LogP contribution in [0.3, 0.4) is 0 Å². The molecular formula is C14H13BrN2O. The first-order valence-corrected chi connectivity index (χ1v) is 6.40. The van der Waals surface area contributed by atoms with Crippen molar-refractivity contribution in [2.45, 2.75) is 13.5 Å². The molecule has 0 aliphatic carbocycles. The average Bonchev–Trinajstić information content (AvgIpc) is 2.38. The largest absolute Gasteiger partial charge is 0.347 e. The fourth-order valence-corrected chi connectivity index (χ4v) is 1.86. The number of rotatable bonds is 3. The van der Waals surface area contributed by atoms with E-state index >= 15 is 0 Å². The van der Waals surface area contributed by atoms with Gasteiger partial charge in [0.1, 0.15) is 5.69 Å². The molecule has 0 radical (unpaired) electrons. The summed E-state index contributed by atoms with van der Waals surface area (Å²) in [5.41, 5.74) is 2.42. The van der Waals surface area contributed by atoms with E-state index in [-0.39, 0.29) is 5.91 Å². The lowest BCUT2D eigenvalue weighted by Gasteiger charge is -2.06. The zero-order valence-corrected chi connectivity index (χ0v) is 11.6. The van der Waals surface area contributed by atoms with E-state index in [9.17, 15) is 4.79 Å². The number of nitrogens with zero attached hydrogens (tertiary/aromatic N) is 1. The molecule has 18 heavy (non-hydrogen) atoms. The number of nitrogens with one attached hydrogen (secondary N) is 1. The van der Waals surface area contributed by atoms with E-state index in [0.717, 1.165) is 15.6 Å². The molecule has 0 unspecified atom stereocenters. The molecule has 0 saturated carbocycles. The quantitative estimate of drug-likeness (QED) is 0.947. The first-order valence-electron chi connectivity index (χ1n) is 5.61. The highest BCUT2D eigenvalue weighted by molar-refractivity contribution is 9.10. The Balaban J connectivity index is 2.01. The van der Waals surface area contributed by atoms with Gasteiger partial charge in [0.15, 0.2) is 0 Å². The summed E-state index contributed by atoms with van der Waals surface area (Å²) in [7, 11) is 0. The average molecular weight is 305 g/mol. The summed E-state index contributed by atoms with van der Waals surface area (Å²) < 4.78 is 1.03. The summed E-state index contributed by atoms with van der Waals surface area (Å²) >= 11 is 3.37. The molecule has 1 aromatic heterocycles. The van der Waals surface area contributed by atoms with Crippen molar-refractivity contribution >= 4 is 21.8 Å². The zero-order chi connectivity index (χ0) is 13.0. The number of aryl methyl sites for hydroxylation is 1. The lowest BCUT2D eigenvalue weighted by molar-refractivity contribution is 0.0945. The first-order chi connectivity index (χ1) is 8.66. The minimum Gasteiger partial charge on any atom is -0.347 e. The maximum Gasteiger partial charge on any atom is 0.270 e. The third-order valence-electron chi connectivity index (χ3n) is 2.59. The summed E-state index contributed by atoms with van der Waals surface area (Å²) in [6.45, 7) is 2.38. The van der Waals surface area contributed by atoms with Gasteiger partial charge < -0.3 is 5.32 Å². The third-order valence-corrected chi connectivity index (χ3v) is 3.12. The Hall–Kier alpha value is -1.68. The number of carbonyl (C=O) groups excluding carboxylic acids is 1. The van der Waals surface area contributed by atoms with Gasteiger partial charge in [-0.3, -0.25) is 9.78 Å². The van der Waals surface area contributed by atoms with E-state index < -0.39 is 0 Å². The highest BCUT2D eigenvalue weighted by atomic mass is 79.9. The Labute approximate surface area is 114 Å². The Morgan fingerprint density at radius 2 is 2.00 bits per heavy atom. The first kappa shape index (κ1) is 12.8. The Bertz CT molecular complexity index is 552. The van der Waals surface area contributed by atoms with Gasteiger partial charge in [-0.2, -0.15) is 0 Å². The molecule has 0 aliphatic rings. The number of hydrogen-bond donors (Lipinski definition) is 1. The van der Waals surface area contributed by atoms with Gasteiger partial charge in [0.2, 0.25) is 0 Å². The van der Waals surface area contributed by atoms with E-state index in [2.05, 4.69) is 26.2 Å². The van der Waals surface area contributed by atoms with Gasteiger partial charge in [-0.15, -0.1) is 0 Å². The topological polar surface area (TPSA) is 42.0 Å². The molecule has 1 heterocycles. The number of aromatic nitrogens is 1. The smallest absolute Gasteiger partial charge is 0.270 e. The van der Waals surface area contributed by atoms with Crippen LogP contribution < -0.4 is 5.32 Å². The Kier molecular flexibility index (Phi) is 4.10. The predicted molar refractivity (Wildman–Crippen MR) is 74.3 cm³/mol. The lowest BCUT2D eigenvalue weighted by Crippen LogP contribution is -2.24. The zero-order valence-electron chi connectivity index (χ0n) is 9.98. The minimum absolute atomic E-state index is 0.143. The second-order valence-corrected chi connectivity index (χ2v) is 4.89. The second-order valence-electron chi connectivity index (χ2n) is 3.98. The van der Waals surface area contributed by atoms with Crippen molar-refractivity contribution in [2.24, 2.45) is 0 Å². The molecule has 1 amide bonds. The van der Waals surface area contributed by atoms with Gasteiger partial charge in [0.05, 0.1) is 0 Å². The second kappa shape index (κ2) is 5.78. The van der Waals surface area contributed by atoms with E-state index in [0.29, 0.717) is 12.2 Å². The fourth-order valence-electron chi connectivity index (χ4n) is 1.59. The molecule has 92 valence electrons. The molecule has 2 aromatic rings. The highest BCUT2D eigenvalue weighted by Crippen LogP contribution is 2.10. The summed E-state index contributed by atoms with van der Waals surface area (Å²) in [4.78, 5) is 16.0. The maximum atomic E-state index is 11.9. The van der Waals surface area contributed by atoms with Gasteiger partial charge >= 0.3 is 0 Å². The van der Waals surface area contributed by atoms with Gasteiger partial charge in [-0.25, -0.2) is 0 Å². The van der Waals surface area contributed by atoms with Crippen molar-refractivity contribution in [1.82, 2.24) is 10.3 Å². The molecule has 0 spiro atoms. The fraction of sp³-hybridized carbons (Fsp3) is 0.143. The predicted octanol–water partition coefficient (Wildman–Crippen LogP) is 3.08. The number of hydrogen-bond acceptors (Lipinski definition) is 2. The standard InChI is InChI=1S/C14H13BrN2O/c1-10-3-2-8-16-13(10)14(18)17-9-11-4-6-12(15)7-5-11/h2-8H,9H2,1H3,(H,17,18). The molecule has 3 nitrogen and oxygen atoms in total. The van der Waals surface area contributed by atoms with Crippen LogP contribution in [-0.2, 0) is 6.54 Å². The van der Waals surface area contributed by atoms with Crippen LogP contribution in [-0.4, -0.2) is 10.9 Å². The van der Waals surface area contributed by atoms with Crippen LogP contribution in [0, 0.1) is 6.92 Å². The van der Waals surface area contributed by atoms with Gasteiger partial charge in [0.25, 0.3) is 5.91 Å². The third kappa shape index (κ3) is 3.17. The van der Waals surface area contributed by atoms with E-state index in [1.807, 2.05) is 43.3 Å². The molecular weight excluding hydrogens is 292 g/mol. The lowest BCUT2D eigenvalue weighted by atomic mass is 10.2. The molecule has 0 atom stereocenters. The van der Waals surface area contributed by atoms with Gasteiger partial charge in [-0.05, 0) is 36.2 Å². The van der Waals surface area contributed by atoms with Crippen LogP contribution in [0.1, 0.15) is 21.6 Å². The van der Waals surface area contributed by atoms with Crippen molar-refractivity contribution in [3.8, 4) is 0 Å². The molecule has 0 bridgehead atoms. The van der Waals surface area contributed by atoms with Crippen LogP contribution in [0.15, 0.2) is 47.1 Å². The normalized spacial score (nSPS) is 10.1. The van der Waals surface area contributed by atoms with Crippen LogP contribution in [0.2, 0.25) is 0 Å². The van der Waals surface area contributed by atoms with Crippen LogP contribution >= 0.6 is 15.9 Å². The van der Waals surface area contributed by atoms with Crippen molar-refractivity contribution in [3.63, 3.8) is 0 Å². The SMILES string of the molecule is Cc1cccnc1C(=O)NCc1ccc(Br)cc1. The number of benzene rings is 1. The number of amides is 1. The van der Waals surface area contributed by atoms with Gasteiger partial charge in [-0.1, -0.05) is 34.1 Å². The van der Waals surface area contributed by atoms with Crippen LogP contribution in [0.5, 0.6) is 0 Å². The maximum absolute atomic E-state index is 11.9. The van der Waals surface area contributed by atoms with Crippen LogP contribution in [0.4, 0.5) is 0 Å². The molecule has 1 N–H and O–H groups in total. The summed E-state index contributed by atoms with van der Waals surface area (Å²) in [6.07, 6.45) is 1.63. The Morgan fingerprint density at radius 1 is 1.28 bits per heavy atom. The van der Waals surface area contributed by atoms with Crippen molar-refractivity contribution in [3.05, 3.63) is 63.9 Å². The van der Waals surface area contributed by atoms with Gasteiger partial charge in [0, 0.05) is 17.2 Å². The van der Waals surface area contributed by atoms with E-state index in [1.165, 1.54) is 0 Å². The molecule has 0 aliphatic heterocycles. The monoisotopic (exact) mass is 304 g/mol. The van der Waals surface area contributed by atoms with Crippen molar-refractivity contribution in [2.75, 3.05) is 0 Å². The van der Waals surface area contributed by atoms with Crippen molar-refractivity contribution in [1.29, 1.82) is 0 Å². The highest BCUT2D eigenvalue weighted by Gasteiger charge is 2.08. The summed E-state index contributed by atoms with van der Waals surface area (Å²) in [6, 6.07) is 11.5. The number of carbonyl (C=O) groups is 1. The molecule has 1 aromatic carbocycles. The molecule has 4 heteroatoms. The molecule has 0 fully saturated rings.